The van der Waals surface area contributed by atoms with E-state index in [2.05, 4.69) is 29.6 Å². The maximum atomic E-state index is 12.9. The predicted octanol–water partition coefficient (Wildman–Crippen LogP) is 7.62. The van der Waals surface area contributed by atoms with Crippen molar-refractivity contribution in [1.82, 2.24) is 0 Å². The molecule has 2 aliphatic rings. The number of rotatable bonds is 5. The van der Waals surface area contributed by atoms with Crippen LogP contribution in [0.5, 0.6) is 0 Å². The second-order valence-corrected chi connectivity index (χ2v) is 9.94. The van der Waals surface area contributed by atoms with E-state index in [1.165, 1.54) is 0 Å². The Morgan fingerprint density at radius 2 is 1.67 bits per heavy atom. The molecule has 1 aliphatic heterocycles. The quantitative estimate of drug-likeness (QED) is 0.358. The van der Waals surface area contributed by atoms with Crippen LogP contribution >= 0.6 is 11.6 Å². The first kappa shape index (κ1) is 23.8. The SMILES string of the molecule is CC(C)C1CC=C(C=C2C(=O)Nc3cc(Cl)c(-c4ccc(-c5ccccc5)cc4)cc32)C=C1C(=O)O. The van der Waals surface area contributed by atoms with Gasteiger partial charge in [-0.1, -0.05) is 86.1 Å². The zero-order chi connectivity index (χ0) is 25.4. The van der Waals surface area contributed by atoms with E-state index in [1.807, 2.05) is 56.3 Å². The van der Waals surface area contributed by atoms with Gasteiger partial charge in [0, 0.05) is 22.3 Å². The molecule has 36 heavy (non-hydrogen) atoms. The first-order chi connectivity index (χ1) is 17.3. The number of hydrogen-bond acceptors (Lipinski definition) is 2. The van der Waals surface area contributed by atoms with Crippen molar-refractivity contribution < 1.29 is 14.7 Å². The topological polar surface area (TPSA) is 66.4 Å². The Labute approximate surface area is 215 Å². The van der Waals surface area contributed by atoms with Crippen LogP contribution < -0.4 is 5.32 Å². The number of hydrogen-bond donors (Lipinski definition) is 2. The lowest BCUT2D eigenvalue weighted by Gasteiger charge is -2.24. The van der Waals surface area contributed by atoms with Gasteiger partial charge in [-0.2, -0.15) is 0 Å². The molecule has 1 heterocycles. The lowest BCUT2D eigenvalue weighted by atomic mass is 9.80. The molecule has 1 unspecified atom stereocenters. The number of carbonyl (C=O) groups excluding carboxylic acids is 1. The van der Waals surface area contributed by atoms with E-state index in [4.69, 9.17) is 11.6 Å². The van der Waals surface area contributed by atoms with Gasteiger partial charge in [0.15, 0.2) is 0 Å². The van der Waals surface area contributed by atoms with Crippen molar-refractivity contribution in [2.75, 3.05) is 5.32 Å². The number of fused-ring (bicyclic) bond motifs is 1. The van der Waals surface area contributed by atoms with Crippen LogP contribution in [0, 0.1) is 11.8 Å². The highest BCUT2D eigenvalue weighted by molar-refractivity contribution is 6.36. The number of nitrogens with one attached hydrogen (secondary N) is 1. The van der Waals surface area contributed by atoms with Gasteiger partial charge in [-0.15, -0.1) is 0 Å². The molecule has 0 fully saturated rings. The fourth-order valence-electron chi connectivity index (χ4n) is 4.90. The van der Waals surface area contributed by atoms with E-state index in [0.29, 0.717) is 28.3 Å². The molecule has 1 amide bonds. The maximum absolute atomic E-state index is 12.9. The molecule has 0 saturated heterocycles. The van der Waals surface area contributed by atoms with Crippen LogP contribution in [-0.4, -0.2) is 17.0 Å². The van der Waals surface area contributed by atoms with E-state index in [-0.39, 0.29) is 17.7 Å². The largest absolute Gasteiger partial charge is 0.478 e. The van der Waals surface area contributed by atoms with E-state index in [0.717, 1.165) is 33.4 Å². The predicted molar refractivity (Wildman–Crippen MR) is 146 cm³/mol. The molecule has 0 spiro atoms. The van der Waals surface area contributed by atoms with Gasteiger partial charge in [-0.05, 0) is 64.8 Å². The number of anilines is 1. The van der Waals surface area contributed by atoms with Crippen molar-refractivity contribution >= 4 is 34.7 Å². The second kappa shape index (κ2) is 9.63. The fourth-order valence-corrected chi connectivity index (χ4v) is 5.18. The molecule has 1 aliphatic carbocycles. The van der Waals surface area contributed by atoms with Crippen LogP contribution in [0.3, 0.4) is 0 Å². The Kier molecular flexibility index (Phi) is 6.38. The number of benzene rings is 3. The molecule has 0 aromatic heterocycles. The van der Waals surface area contributed by atoms with Crippen LogP contribution in [0.4, 0.5) is 5.69 Å². The highest BCUT2D eigenvalue weighted by Gasteiger charge is 2.29. The maximum Gasteiger partial charge on any atom is 0.331 e. The molecule has 0 bridgehead atoms. The molecule has 180 valence electrons. The van der Waals surface area contributed by atoms with Crippen molar-refractivity contribution in [1.29, 1.82) is 0 Å². The molecule has 4 nitrogen and oxygen atoms in total. The first-order valence-electron chi connectivity index (χ1n) is 12.0. The summed E-state index contributed by atoms with van der Waals surface area (Å²) in [4.78, 5) is 24.7. The van der Waals surface area contributed by atoms with E-state index >= 15 is 0 Å². The van der Waals surface area contributed by atoms with E-state index in [1.54, 1.807) is 18.2 Å². The first-order valence-corrected chi connectivity index (χ1v) is 12.4. The van der Waals surface area contributed by atoms with Crippen molar-refractivity contribution in [2.24, 2.45) is 11.8 Å². The Hall–Kier alpha value is -3.89. The van der Waals surface area contributed by atoms with Crippen LogP contribution in [0.25, 0.3) is 27.8 Å². The van der Waals surface area contributed by atoms with Crippen molar-refractivity contribution in [3.8, 4) is 22.3 Å². The van der Waals surface area contributed by atoms with Gasteiger partial charge < -0.3 is 10.4 Å². The summed E-state index contributed by atoms with van der Waals surface area (Å²) in [5.74, 6) is -0.971. The monoisotopic (exact) mass is 495 g/mol. The number of carboxylic acid groups (broad SMARTS) is 1. The minimum atomic E-state index is -0.915. The standard InChI is InChI=1S/C31H26ClNO3/c1-18(2)23-13-8-19(15-27(23)31(35)36)14-26-25-16-24(28(32)17-29(25)33-30(26)34)22-11-9-21(10-12-22)20-6-4-3-5-7-20/h3-12,14-18,23H,13H2,1-2H3,(H,33,34)(H,35,36). The van der Waals surface area contributed by atoms with Gasteiger partial charge in [-0.3, -0.25) is 4.79 Å². The van der Waals surface area contributed by atoms with Crippen molar-refractivity contribution in [2.45, 2.75) is 20.3 Å². The summed E-state index contributed by atoms with van der Waals surface area (Å²) in [6, 6.07) is 22.0. The summed E-state index contributed by atoms with van der Waals surface area (Å²) >= 11 is 6.63. The Balaban J connectivity index is 1.51. The summed E-state index contributed by atoms with van der Waals surface area (Å²) in [7, 11) is 0. The molecule has 5 rings (SSSR count). The highest BCUT2D eigenvalue weighted by atomic mass is 35.5. The second-order valence-electron chi connectivity index (χ2n) is 9.53. The summed E-state index contributed by atoms with van der Waals surface area (Å²) in [5.41, 5.74) is 7.04. The normalized spacial score (nSPS) is 18.1. The minimum absolute atomic E-state index is 0.0430. The van der Waals surface area contributed by atoms with E-state index < -0.39 is 5.97 Å². The molecule has 1 atom stereocenters. The summed E-state index contributed by atoms with van der Waals surface area (Å²) in [6.07, 6.45) is 6.10. The summed E-state index contributed by atoms with van der Waals surface area (Å²) < 4.78 is 0. The average molecular weight is 496 g/mol. The molecular weight excluding hydrogens is 470 g/mol. The molecule has 3 aromatic carbocycles. The van der Waals surface area contributed by atoms with Crippen molar-refractivity contribution in [3.05, 3.63) is 107 Å². The third-order valence-corrected chi connectivity index (χ3v) is 7.20. The highest BCUT2D eigenvalue weighted by Crippen LogP contribution is 2.41. The third-order valence-electron chi connectivity index (χ3n) is 6.89. The summed E-state index contributed by atoms with van der Waals surface area (Å²) in [5, 5.41) is 13.2. The van der Waals surface area contributed by atoms with Crippen LogP contribution in [0.15, 0.2) is 96.1 Å². The molecule has 0 radical (unpaired) electrons. The van der Waals surface area contributed by atoms with Gasteiger partial charge in [0.2, 0.25) is 0 Å². The molecule has 5 heteroatoms. The Bertz CT molecular complexity index is 1450. The van der Waals surface area contributed by atoms with Crippen LogP contribution in [0.1, 0.15) is 25.8 Å². The van der Waals surface area contributed by atoms with Gasteiger partial charge in [-0.25, -0.2) is 4.79 Å². The zero-order valence-corrected chi connectivity index (χ0v) is 20.8. The van der Waals surface area contributed by atoms with Gasteiger partial charge in [0.05, 0.1) is 10.7 Å². The number of amides is 1. The number of halogens is 1. The van der Waals surface area contributed by atoms with Crippen LogP contribution in [-0.2, 0) is 9.59 Å². The molecule has 0 saturated carbocycles. The Morgan fingerprint density at radius 3 is 2.33 bits per heavy atom. The smallest absolute Gasteiger partial charge is 0.331 e. The minimum Gasteiger partial charge on any atom is -0.478 e. The van der Waals surface area contributed by atoms with Gasteiger partial charge in [0.25, 0.3) is 5.91 Å². The zero-order valence-electron chi connectivity index (χ0n) is 20.1. The Morgan fingerprint density at radius 1 is 1.00 bits per heavy atom. The lowest BCUT2D eigenvalue weighted by molar-refractivity contribution is -0.133. The van der Waals surface area contributed by atoms with Gasteiger partial charge >= 0.3 is 5.97 Å². The molecular formula is C31H26ClNO3. The van der Waals surface area contributed by atoms with Gasteiger partial charge in [0.1, 0.15) is 0 Å². The van der Waals surface area contributed by atoms with E-state index in [9.17, 15) is 14.7 Å². The number of allylic oxidation sites excluding steroid dienone is 4. The van der Waals surface area contributed by atoms with Crippen molar-refractivity contribution in [3.63, 3.8) is 0 Å². The number of carbonyl (C=O) groups is 2. The summed E-state index contributed by atoms with van der Waals surface area (Å²) in [6.45, 7) is 4.05. The fraction of sp³-hybridized carbons (Fsp3) is 0.161. The average Bonchev–Trinajstić information content (AvgIpc) is 3.17. The number of carboxylic acids is 1. The third kappa shape index (κ3) is 4.52. The number of aliphatic carboxylic acids is 1. The molecule has 3 aromatic rings. The van der Waals surface area contributed by atoms with Crippen LogP contribution in [0.2, 0.25) is 5.02 Å². The lowest BCUT2D eigenvalue weighted by Crippen LogP contribution is -2.20. The molecule has 2 N–H and O–H groups in total.